The Morgan fingerprint density at radius 3 is 3.04 bits per heavy atom. The zero-order valence-corrected chi connectivity index (χ0v) is 15.7. The molecule has 2 atom stereocenters. The topological polar surface area (TPSA) is 63.7 Å². The molecule has 134 valence electrons. The van der Waals surface area contributed by atoms with Crippen molar-refractivity contribution in [3.8, 4) is 0 Å². The molecule has 0 aliphatic carbocycles. The van der Waals surface area contributed by atoms with Crippen LogP contribution in [0.5, 0.6) is 0 Å². The van der Waals surface area contributed by atoms with Crippen LogP contribution in [0, 0.1) is 0 Å². The van der Waals surface area contributed by atoms with Crippen LogP contribution >= 0.6 is 11.3 Å². The van der Waals surface area contributed by atoms with Gasteiger partial charge in [-0.2, -0.15) is 0 Å². The maximum Gasteiger partial charge on any atom is 0.271 e. The summed E-state index contributed by atoms with van der Waals surface area (Å²) in [6.45, 7) is 6.51. The number of carbonyl (C=O) groups is 1. The molecule has 7 heteroatoms. The van der Waals surface area contributed by atoms with Crippen LogP contribution in [-0.2, 0) is 16.0 Å². The number of rotatable bonds is 7. The van der Waals surface area contributed by atoms with Gasteiger partial charge < -0.3 is 19.7 Å². The highest BCUT2D eigenvalue weighted by atomic mass is 32.1. The summed E-state index contributed by atoms with van der Waals surface area (Å²) < 4.78 is 11.4. The van der Waals surface area contributed by atoms with E-state index < -0.39 is 0 Å². The van der Waals surface area contributed by atoms with Crippen LogP contribution in [0.4, 0.5) is 0 Å². The Morgan fingerprint density at radius 2 is 2.33 bits per heavy atom. The molecule has 0 spiro atoms. The number of carbonyl (C=O) groups excluding carboxylic acids is 1. The summed E-state index contributed by atoms with van der Waals surface area (Å²) in [5.41, 5.74) is 1.68. The predicted octanol–water partition coefficient (Wildman–Crippen LogP) is 2.07. The molecule has 0 aromatic carbocycles. The van der Waals surface area contributed by atoms with Crippen LogP contribution in [0.25, 0.3) is 0 Å². The third-order valence-corrected chi connectivity index (χ3v) is 4.48. The lowest BCUT2D eigenvalue weighted by molar-refractivity contribution is -0.0457. The summed E-state index contributed by atoms with van der Waals surface area (Å²) in [5, 5.41) is 5.75. The summed E-state index contributed by atoms with van der Waals surface area (Å²) in [6, 6.07) is -0.143. The molecule has 0 bridgehead atoms. The van der Waals surface area contributed by atoms with E-state index in [0.717, 1.165) is 18.0 Å². The third kappa shape index (κ3) is 5.98. The highest BCUT2D eigenvalue weighted by molar-refractivity contribution is 7.09. The Bertz CT molecular complexity index is 567. The average molecular weight is 353 g/mol. The molecule has 0 saturated carbocycles. The molecule has 1 aliphatic heterocycles. The van der Waals surface area contributed by atoms with E-state index >= 15 is 0 Å². The molecule has 1 fully saturated rings. The molecule has 1 saturated heterocycles. The van der Waals surface area contributed by atoms with Crippen molar-refractivity contribution in [2.75, 3.05) is 33.9 Å². The van der Waals surface area contributed by atoms with Gasteiger partial charge in [0.2, 0.25) is 0 Å². The summed E-state index contributed by atoms with van der Waals surface area (Å²) in [6.07, 6.45) is 2.80. The molecule has 1 N–H and O–H groups in total. The Labute approximate surface area is 147 Å². The lowest BCUT2D eigenvalue weighted by Gasteiger charge is -2.31. The normalized spacial score (nSPS) is 20.9. The van der Waals surface area contributed by atoms with Crippen LogP contribution in [0.3, 0.4) is 0 Å². The molecular formula is C17H27N3O3S. The van der Waals surface area contributed by atoms with Gasteiger partial charge in [-0.3, -0.25) is 4.79 Å². The molecule has 1 aromatic heterocycles. The van der Waals surface area contributed by atoms with Crippen LogP contribution in [0.1, 0.15) is 35.8 Å². The molecule has 2 heterocycles. The van der Waals surface area contributed by atoms with Crippen molar-refractivity contribution in [1.82, 2.24) is 15.2 Å². The number of ether oxygens (including phenoxy) is 2. The Hall–Kier alpha value is -1.28. The first-order chi connectivity index (χ1) is 11.5. The predicted molar refractivity (Wildman–Crippen MR) is 95.4 cm³/mol. The standard InChI is InChI=1S/C17H27N3O3S/c1-12(2)5-8-23-15-6-7-22-10-13(15)19-17(21)14-11-24-16(18-14)9-20(3)4/h5,11,13,15H,6-10H2,1-4H3,(H,19,21)/t13-,15+/m1/s1. The SMILES string of the molecule is CC(C)=CCO[C@H]1CCOC[C@H]1NC(=O)c1csc(CN(C)C)n1. The van der Waals surface area contributed by atoms with Gasteiger partial charge in [-0.15, -0.1) is 11.3 Å². The fourth-order valence-corrected chi connectivity index (χ4v) is 3.28. The summed E-state index contributed by atoms with van der Waals surface area (Å²) in [4.78, 5) is 18.9. The van der Waals surface area contributed by atoms with Gasteiger partial charge in [0, 0.05) is 18.5 Å². The van der Waals surface area contributed by atoms with Crippen LogP contribution in [0.15, 0.2) is 17.0 Å². The first-order valence-corrected chi connectivity index (χ1v) is 9.06. The van der Waals surface area contributed by atoms with E-state index in [4.69, 9.17) is 9.47 Å². The largest absolute Gasteiger partial charge is 0.379 e. The van der Waals surface area contributed by atoms with Gasteiger partial charge in [0.25, 0.3) is 5.91 Å². The second-order valence-corrected chi connectivity index (χ2v) is 7.40. The number of amides is 1. The summed E-state index contributed by atoms with van der Waals surface area (Å²) in [7, 11) is 3.96. The number of aromatic nitrogens is 1. The number of nitrogens with zero attached hydrogens (tertiary/aromatic N) is 2. The minimum atomic E-state index is -0.164. The van der Waals surface area contributed by atoms with Gasteiger partial charge in [0.15, 0.2) is 0 Å². The summed E-state index contributed by atoms with van der Waals surface area (Å²) in [5.74, 6) is -0.164. The van der Waals surface area contributed by atoms with E-state index in [9.17, 15) is 4.79 Å². The molecular weight excluding hydrogens is 326 g/mol. The molecule has 24 heavy (non-hydrogen) atoms. The Balaban J connectivity index is 1.92. The lowest BCUT2D eigenvalue weighted by atomic mass is 10.1. The zero-order valence-electron chi connectivity index (χ0n) is 14.9. The number of allylic oxidation sites excluding steroid dienone is 1. The molecule has 1 aliphatic rings. The van der Waals surface area contributed by atoms with Gasteiger partial charge in [0.1, 0.15) is 10.7 Å². The van der Waals surface area contributed by atoms with E-state index in [0.29, 0.717) is 25.5 Å². The highest BCUT2D eigenvalue weighted by Crippen LogP contribution is 2.15. The van der Waals surface area contributed by atoms with Crippen molar-refractivity contribution >= 4 is 17.2 Å². The second kappa shape index (κ2) is 9.27. The van der Waals surface area contributed by atoms with Gasteiger partial charge in [-0.25, -0.2) is 4.98 Å². The van der Waals surface area contributed by atoms with Crippen molar-refractivity contribution in [3.05, 3.63) is 27.7 Å². The maximum atomic E-state index is 12.4. The molecule has 0 radical (unpaired) electrons. The number of thiazole rings is 1. The molecule has 1 amide bonds. The van der Waals surface area contributed by atoms with Crippen molar-refractivity contribution < 1.29 is 14.3 Å². The number of hydrogen-bond donors (Lipinski definition) is 1. The number of hydrogen-bond acceptors (Lipinski definition) is 6. The van der Waals surface area contributed by atoms with Crippen LogP contribution in [0.2, 0.25) is 0 Å². The van der Waals surface area contributed by atoms with Crippen molar-refractivity contribution in [1.29, 1.82) is 0 Å². The molecule has 0 unspecified atom stereocenters. The first kappa shape index (κ1) is 19.1. The molecule has 1 aromatic rings. The maximum absolute atomic E-state index is 12.4. The van der Waals surface area contributed by atoms with Crippen molar-refractivity contribution in [2.45, 2.75) is 39.0 Å². The molecule has 2 rings (SSSR count). The first-order valence-electron chi connectivity index (χ1n) is 8.18. The quantitative estimate of drug-likeness (QED) is 0.761. The van der Waals surface area contributed by atoms with E-state index in [2.05, 4.69) is 10.3 Å². The van der Waals surface area contributed by atoms with Gasteiger partial charge in [-0.1, -0.05) is 11.6 Å². The van der Waals surface area contributed by atoms with Gasteiger partial charge >= 0.3 is 0 Å². The molecule has 6 nitrogen and oxygen atoms in total. The van der Waals surface area contributed by atoms with Crippen LogP contribution < -0.4 is 5.32 Å². The summed E-state index contributed by atoms with van der Waals surface area (Å²) >= 11 is 1.50. The van der Waals surface area contributed by atoms with E-state index in [1.165, 1.54) is 16.9 Å². The number of nitrogens with one attached hydrogen (secondary N) is 1. The fraction of sp³-hybridized carbons (Fsp3) is 0.647. The zero-order chi connectivity index (χ0) is 17.5. The Kier molecular flexibility index (Phi) is 7.36. The third-order valence-electron chi connectivity index (χ3n) is 3.65. The van der Waals surface area contributed by atoms with Gasteiger partial charge in [0.05, 0.1) is 25.4 Å². The highest BCUT2D eigenvalue weighted by Gasteiger charge is 2.28. The minimum Gasteiger partial charge on any atom is -0.379 e. The van der Waals surface area contributed by atoms with Gasteiger partial charge in [-0.05, 0) is 34.4 Å². The lowest BCUT2D eigenvalue weighted by Crippen LogP contribution is -2.50. The van der Waals surface area contributed by atoms with Crippen molar-refractivity contribution in [2.24, 2.45) is 0 Å². The van der Waals surface area contributed by atoms with E-state index in [1.807, 2.05) is 38.9 Å². The van der Waals surface area contributed by atoms with E-state index in [1.54, 1.807) is 5.38 Å². The smallest absolute Gasteiger partial charge is 0.271 e. The average Bonchev–Trinajstić information content (AvgIpc) is 2.96. The minimum absolute atomic E-state index is 0.0295. The second-order valence-electron chi connectivity index (χ2n) is 6.46. The monoisotopic (exact) mass is 353 g/mol. The van der Waals surface area contributed by atoms with E-state index in [-0.39, 0.29) is 18.1 Å². The van der Waals surface area contributed by atoms with Crippen molar-refractivity contribution in [3.63, 3.8) is 0 Å². The Morgan fingerprint density at radius 1 is 1.54 bits per heavy atom. The van der Waals surface area contributed by atoms with Crippen LogP contribution in [-0.4, -0.2) is 61.9 Å². The fourth-order valence-electron chi connectivity index (χ4n) is 2.39.